The summed E-state index contributed by atoms with van der Waals surface area (Å²) in [4.78, 5) is 23.1. The Balaban J connectivity index is 2.06. The highest BCUT2D eigenvalue weighted by atomic mass is 16.6. The van der Waals surface area contributed by atoms with Crippen molar-refractivity contribution in [3.05, 3.63) is 23.3 Å². The lowest BCUT2D eigenvalue weighted by molar-refractivity contribution is -0.153. The van der Waals surface area contributed by atoms with Gasteiger partial charge in [0.05, 0.1) is 6.61 Å². The summed E-state index contributed by atoms with van der Waals surface area (Å²) in [5.41, 5.74) is 2.14. The zero-order valence-electron chi connectivity index (χ0n) is 17.9. The molecule has 29 heavy (non-hydrogen) atoms. The number of aryl methyl sites for hydroxylation is 1. The van der Waals surface area contributed by atoms with Gasteiger partial charge in [0.15, 0.2) is 11.5 Å². The Hall–Kier alpha value is -2.24. The van der Waals surface area contributed by atoms with Crippen LogP contribution in [0.2, 0.25) is 0 Å². The maximum Gasteiger partial charge on any atom is 0.302 e. The van der Waals surface area contributed by atoms with E-state index in [1.165, 1.54) is 13.8 Å². The van der Waals surface area contributed by atoms with Gasteiger partial charge in [0.25, 0.3) is 0 Å². The van der Waals surface area contributed by atoms with E-state index in [2.05, 4.69) is 6.92 Å². The molecule has 0 aliphatic carbocycles. The number of hydrogen-bond donors (Lipinski definition) is 1. The average Bonchev–Trinajstić information content (AvgIpc) is 2.67. The Morgan fingerprint density at radius 3 is 2.45 bits per heavy atom. The van der Waals surface area contributed by atoms with Gasteiger partial charge in [-0.05, 0) is 50.2 Å². The molecule has 6 nitrogen and oxygen atoms in total. The van der Waals surface area contributed by atoms with E-state index >= 15 is 0 Å². The average molecular weight is 407 g/mol. The minimum Gasteiger partial charge on any atom is -0.504 e. The zero-order chi connectivity index (χ0) is 21.2. The summed E-state index contributed by atoms with van der Waals surface area (Å²) in [6, 6.07) is 3.57. The molecule has 2 atom stereocenters. The van der Waals surface area contributed by atoms with E-state index in [4.69, 9.17) is 14.2 Å². The summed E-state index contributed by atoms with van der Waals surface area (Å²) in [5, 5.41) is 10.0. The molecule has 0 aromatic heterocycles. The van der Waals surface area contributed by atoms with Crippen molar-refractivity contribution in [2.24, 2.45) is 0 Å². The second kappa shape index (κ2) is 11.7. The number of benzene rings is 1. The van der Waals surface area contributed by atoms with E-state index in [9.17, 15) is 14.7 Å². The summed E-state index contributed by atoms with van der Waals surface area (Å²) in [5.74, 6) is 0.111. The summed E-state index contributed by atoms with van der Waals surface area (Å²) >= 11 is 0. The van der Waals surface area contributed by atoms with E-state index in [0.717, 1.165) is 49.7 Å². The number of fused-ring (bicyclic) bond motifs is 1. The third-order valence-electron chi connectivity index (χ3n) is 5.21. The fourth-order valence-electron chi connectivity index (χ4n) is 3.90. The van der Waals surface area contributed by atoms with Crippen LogP contribution in [0.1, 0.15) is 76.8 Å². The standard InChI is InChI=1S/C23H34O6/c1-4-5-6-8-19(28-16(2)24)15-20(29-17(3)25)12-10-18-11-13-22(26)23-21(18)9-7-14-27-23/h11,13,19-20,26H,4-10,12,14-15H2,1-3H3/t19-,20+/m1/s1. The highest BCUT2D eigenvalue weighted by molar-refractivity contribution is 5.66. The molecule has 1 aliphatic heterocycles. The van der Waals surface area contributed by atoms with Crippen LogP contribution in [0.4, 0.5) is 0 Å². The Morgan fingerprint density at radius 1 is 1.10 bits per heavy atom. The lowest BCUT2D eigenvalue weighted by Gasteiger charge is -2.25. The van der Waals surface area contributed by atoms with Gasteiger partial charge in [-0.25, -0.2) is 0 Å². The third kappa shape index (κ3) is 7.59. The lowest BCUT2D eigenvalue weighted by atomic mass is 9.93. The van der Waals surface area contributed by atoms with Gasteiger partial charge >= 0.3 is 11.9 Å². The van der Waals surface area contributed by atoms with Crippen molar-refractivity contribution < 1.29 is 28.9 Å². The smallest absolute Gasteiger partial charge is 0.302 e. The molecule has 0 spiro atoms. The van der Waals surface area contributed by atoms with Gasteiger partial charge in [-0.3, -0.25) is 9.59 Å². The van der Waals surface area contributed by atoms with Crippen LogP contribution in [-0.4, -0.2) is 35.9 Å². The molecule has 1 aromatic rings. The van der Waals surface area contributed by atoms with Crippen LogP contribution < -0.4 is 4.74 Å². The maximum atomic E-state index is 11.6. The molecular weight excluding hydrogens is 372 g/mol. The normalized spacial score (nSPS) is 15.0. The van der Waals surface area contributed by atoms with Crippen molar-refractivity contribution in [2.75, 3.05) is 6.61 Å². The van der Waals surface area contributed by atoms with Crippen molar-refractivity contribution in [2.45, 2.75) is 90.8 Å². The van der Waals surface area contributed by atoms with E-state index in [-0.39, 0.29) is 29.9 Å². The molecule has 1 aromatic carbocycles. The first-order valence-electron chi connectivity index (χ1n) is 10.7. The van der Waals surface area contributed by atoms with E-state index in [1.807, 2.05) is 6.07 Å². The van der Waals surface area contributed by atoms with Gasteiger partial charge in [-0.15, -0.1) is 0 Å². The fourth-order valence-corrected chi connectivity index (χ4v) is 3.90. The molecule has 0 saturated heterocycles. The summed E-state index contributed by atoms with van der Waals surface area (Å²) in [7, 11) is 0. The fraction of sp³-hybridized carbons (Fsp3) is 0.652. The second-order valence-corrected chi connectivity index (χ2v) is 7.74. The number of rotatable bonds is 11. The van der Waals surface area contributed by atoms with Gasteiger partial charge in [-0.1, -0.05) is 25.8 Å². The molecule has 0 fully saturated rings. The molecule has 2 rings (SSSR count). The molecule has 1 N–H and O–H groups in total. The van der Waals surface area contributed by atoms with Crippen LogP contribution in [0, 0.1) is 0 Å². The summed E-state index contributed by atoms with van der Waals surface area (Å²) in [6.45, 7) is 5.56. The van der Waals surface area contributed by atoms with Crippen LogP contribution in [0.15, 0.2) is 12.1 Å². The highest BCUT2D eigenvalue weighted by Gasteiger charge is 2.23. The van der Waals surface area contributed by atoms with Gasteiger partial charge in [0.1, 0.15) is 12.2 Å². The molecule has 6 heteroatoms. The van der Waals surface area contributed by atoms with Crippen molar-refractivity contribution >= 4 is 11.9 Å². The summed E-state index contributed by atoms with van der Waals surface area (Å²) in [6.07, 6.45) is 6.95. The number of hydrogen-bond acceptors (Lipinski definition) is 6. The molecule has 0 saturated carbocycles. The molecule has 0 amide bonds. The Morgan fingerprint density at radius 2 is 1.79 bits per heavy atom. The van der Waals surface area contributed by atoms with Gasteiger partial charge in [-0.2, -0.15) is 0 Å². The van der Waals surface area contributed by atoms with Gasteiger partial charge in [0, 0.05) is 25.8 Å². The van der Waals surface area contributed by atoms with Crippen molar-refractivity contribution in [1.29, 1.82) is 0 Å². The monoisotopic (exact) mass is 406 g/mol. The number of carbonyl (C=O) groups is 2. The van der Waals surface area contributed by atoms with E-state index < -0.39 is 0 Å². The molecule has 162 valence electrons. The first-order chi connectivity index (χ1) is 13.9. The van der Waals surface area contributed by atoms with Crippen LogP contribution in [0.25, 0.3) is 0 Å². The quantitative estimate of drug-likeness (QED) is 0.431. The number of phenolic OH excluding ortho intramolecular Hbond substituents is 1. The first-order valence-corrected chi connectivity index (χ1v) is 10.7. The van der Waals surface area contributed by atoms with Crippen molar-refractivity contribution in [1.82, 2.24) is 0 Å². The number of phenols is 1. The minimum atomic E-state index is -0.332. The molecule has 1 heterocycles. The lowest BCUT2D eigenvalue weighted by Crippen LogP contribution is -2.27. The zero-order valence-corrected chi connectivity index (χ0v) is 17.9. The number of esters is 2. The molecule has 1 aliphatic rings. The van der Waals surface area contributed by atoms with Crippen molar-refractivity contribution in [3.8, 4) is 11.5 Å². The Kier molecular flexibility index (Phi) is 9.29. The van der Waals surface area contributed by atoms with Crippen LogP contribution in [-0.2, 0) is 31.9 Å². The second-order valence-electron chi connectivity index (χ2n) is 7.74. The van der Waals surface area contributed by atoms with Gasteiger partial charge < -0.3 is 19.3 Å². The summed E-state index contributed by atoms with van der Waals surface area (Å²) < 4.78 is 16.7. The molecular formula is C23H34O6. The SMILES string of the molecule is CCCCC[C@H](C[C@H](CCc1ccc(O)c2c1CCCO2)OC(C)=O)OC(C)=O. The first kappa shape index (κ1) is 23.0. The number of carbonyl (C=O) groups excluding carboxylic acids is 2. The van der Waals surface area contributed by atoms with Gasteiger partial charge in [0.2, 0.25) is 0 Å². The maximum absolute atomic E-state index is 11.6. The molecule has 0 bridgehead atoms. The largest absolute Gasteiger partial charge is 0.504 e. The third-order valence-corrected chi connectivity index (χ3v) is 5.21. The minimum absolute atomic E-state index is 0.172. The van der Waals surface area contributed by atoms with E-state index in [0.29, 0.717) is 31.6 Å². The van der Waals surface area contributed by atoms with Crippen molar-refractivity contribution in [3.63, 3.8) is 0 Å². The number of ether oxygens (including phenoxy) is 3. The Labute approximate surface area is 173 Å². The predicted molar refractivity (Wildman–Crippen MR) is 110 cm³/mol. The van der Waals surface area contributed by atoms with E-state index in [1.54, 1.807) is 6.07 Å². The van der Waals surface area contributed by atoms with Crippen LogP contribution in [0.5, 0.6) is 11.5 Å². The number of aromatic hydroxyl groups is 1. The topological polar surface area (TPSA) is 82.1 Å². The molecule has 0 radical (unpaired) electrons. The molecule has 0 unspecified atom stereocenters. The highest BCUT2D eigenvalue weighted by Crippen LogP contribution is 2.37. The van der Waals surface area contributed by atoms with Crippen LogP contribution in [0.3, 0.4) is 0 Å². The number of unbranched alkanes of at least 4 members (excludes halogenated alkanes) is 2. The Bertz CT molecular complexity index is 684. The predicted octanol–water partition coefficient (Wildman–Crippen LogP) is 4.48. The van der Waals surface area contributed by atoms with Crippen LogP contribution >= 0.6 is 0 Å².